The number of amides is 4. The maximum Gasteiger partial charge on any atom is 0.341 e. The number of phenolic OH excluding ortho intramolecular Hbond substituents is 1. The number of aromatic hydroxyl groups is 1. The average Bonchev–Trinajstić information content (AvgIpc) is 2.80. The zero-order chi connectivity index (χ0) is 22.9. The number of hydrogen-bond donors (Lipinski definition) is 5. The van der Waals surface area contributed by atoms with Gasteiger partial charge in [0.2, 0.25) is 0 Å². The molecule has 0 aliphatic heterocycles. The van der Waals surface area contributed by atoms with Crippen LogP contribution in [0.15, 0.2) is 72.8 Å². The molecule has 4 amide bonds. The number of carbonyl (C=O) groups is 2. The molecular weight excluding hydrogens is 437 g/mol. The second kappa shape index (κ2) is 11.0. The first-order chi connectivity index (χ1) is 15.4. The molecule has 0 bridgehead atoms. The lowest BCUT2D eigenvalue weighted by Gasteiger charge is -2.22. The van der Waals surface area contributed by atoms with E-state index in [1.165, 1.54) is 6.07 Å². The van der Waals surface area contributed by atoms with E-state index in [1.807, 2.05) is 6.07 Å². The molecule has 3 aromatic rings. The van der Waals surface area contributed by atoms with Crippen LogP contribution in [-0.2, 0) is 13.1 Å². The van der Waals surface area contributed by atoms with Crippen molar-refractivity contribution in [3.05, 3.63) is 94.8 Å². The molecule has 0 saturated heterocycles. The number of carbonyl (C=O) groups excluding carboxylic acids is 2. The van der Waals surface area contributed by atoms with Crippen LogP contribution in [0.2, 0.25) is 5.02 Å². The minimum atomic E-state index is -0.824. The summed E-state index contributed by atoms with van der Waals surface area (Å²) in [6, 6.07) is 18.2. The Kier molecular flexibility index (Phi) is 7.85. The number of anilines is 1. The van der Waals surface area contributed by atoms with Crippen LogP contribution in [0.4, 0.5) is 19.7 Å². The Hall–Kier alpha value is -3.82. The molecule has 0 radical (unpaired) electrons. The van der Waals surface area contributed by atoms with Crippen molar-refractivity contribution in [1.29, 1.82) is 0 Å². The molecule has 32 heavy (non-hydrogen) atoms. The van der Waals surface area contributed by atoms with Gasteiger partial charge < -0.3 is 15.8 Å². The van der Waals surface area contributed by atoms with E-state index in [0.717, 1.165) is 28.2 Å². The normalized spacial score (nSPS) is 10.3. The summed E-state index contributed by atoms with van der Waals surface area (Å²) in [5, 5.41) is 12.5. The number of imide groups is 1. The van der Waals surface area contributed by atoms with Crippen LogP contribution in [-0.4, -0.2) is 22.1 Å². The van der Waals surface area contributed by atoms with Crippen molar-refractivity contribution in [3.63, 3.8) is 0 Å². The molecule has 0 aromatic heterocycles. The van der Waals surface area contributed by atoms with Crippen molar-refractivity contribution >= 4 is 29.4 Å². The van der Waals surface area contributed by atoms with Gasteiger partial charge in [-0.2, -0.15) is 0 Å². The molecule has 166 valence electrons. The number of hydrogen-bond acceptors (Lipinski definition) is 5. The largest absolute Gasteiger partial charge is 0.505 e. The average molecular weight is 458 g/mol. The number of urea groups is 2. The summed E-state index contributed by atoms with van der Waals surface area (Å²) < 4.78 is 13.4. The fourth-order valence-electron chi connectivity index (χ4n) is 2.69. The molecular formula is C22H21ClFN5O3. The number of benzene rings is 3. The first-order valence-electron chi connectivity index (χ1n) is 9.55. The highest BCUT2D eigenvalue weighted by atomic mass is 35.5. The molecule has 0 unspecified atom stereocenters. The number of rotatable bonds is 7. The van der Waals surface area contributed by atoms with Gasteiger partial charge in [0.1, 0.15) is 0 Å². The second-order valence-electron chi connectivity index (χ2n) is 6.70. The summed E-state index contributed by atoms with van der Waals surface area (Å²) in [5.74, 6) is -1.32. The summed E-state index contributed by atoms with van der Waals surface area (Å²) >= 11 is 5.87. The highest BCUT2D eigenvalue weighted by Crippen LogP contribution is 2.18. The number of nitrogens with one attached hydrogen (secondary N) is 4. The molecule has 0 atom stereocenters. The van der Waals surface area contributed by atoms with E-state index in [0.29, 0.717) is 5.02 Å². The van der Waals surface area contributed by atoms with Gasteiger partial charge in [-0.25, -0.2) is 18.9 Å². The maximum atomic E-state index is 13.4. The highest BCUT2D eigenvalue weighted by molar-refractivity contribution is 6.30. The topological polar surface area (TPSA) is 106 Å². The molecule has 10 heteroatoms. The molecule has 0 aliphatic rings. The third-order valence-corrected chi connectivity index (χ3v) is 4.61. The smallest absolute Gasteiger partial charge is 0.341 e. The third-order valence-electron chi connectivity index (χ3n) is 4.35. The van der Waals surface area contributed by atoms with Crippen LogP contribution in [0.5, 0.6) is 5.75 Å². The van der Waals surface area contributed by atoms with Gasteiger partial charge in [-0.15, -0.1) is 5.53 Å². The van der Waals surface area contributed by atoms with Crippen molar-refractivity contribution in [1.82, 2.24) is 21.2 Å². The molecule has 0 spiro atoms. The molecule has 0 heterocycles. The summed E-state index contributed by atoms with van der Waals surface area (Å²) in [4.78, 5) is 26.4. The predicted octanol–water partition coefficient (Wildman–Crippen LogP) is 4.14. The first-order valence-corrected chi connectivity index (χ1v) is 9.93. The fraction of sp³-hybridized carbons (Fsp3) is 0.0909. The standard InChI is InChI=1S/C22H21ClFN5O3/c23-17-8-6-15(7-9-17)13-25-21(31)29(14-16-4-2-1-3-5-16)22(32)27-28-26-18-10-11-20(30)19(24)12-18/h1-12,26,28,30H,13-14H2,(H,25,31)(H,27,32). The zero-order valence-corrected chi connectivity index (χ0v) is 17.6. The Labute approximate surface area is 188 Å². The van der Waals surface area contributed by atoms with Gasteiger partial charge in [-0.05, 0) is 35.4 Å². The number of phenols is 1. The third kappa shape index (κ3) is 6.59. The number of hydrazine groups is 2. The Morgan fingerprint density at radius 2 is 1.66 bits per heavy atom. The van der Waals surface area contributed by atoms with Gasteiger partial charge in [-0.3, -0.25) is 5.43 Å². The molecule has 5 N–H and O–H groups in total. The Balaban J connectivity index is 1.62. The summed E-state index contributed by atoms with van der Waals surface area (Å²) in [5.41, 5.74) is 9.13. The Bertz CT molecular complexity index is 1070. The fourth-order valence-corrected chi connectivity index (χ4v) is 2.81. The van der Waals surface area contributed by atoms with Gasteiger partial charge in [-0.1, -0.05) is 54.1 Å². The first kappa shape index (κ1) is 22.9. The van der Waals surface area contributed by atoms with Crippen molar-refractivity contribution in [3.8, 4) is 5.75 Å². The Morgan fingerprint density at radius 1 is 0.938 bits per heavy atom. The second-order valence-corrected chi connectivity index (χ2v) is 7.14. The summed E-state index contributed by atoms with van der Waals surface area (Å²) in [7, 11) is 0. The maximum absolute atomic E-state index is 13.4. The number of halogens is 2. The number of nitrogens with zero attached hydrogens (tertiary/aromatic N) is 1. The van der Waals surface area contributed by atoms with Crippen molar-refractivity contribution in [2.24, 2.45) is 0 Å². The van der Waals surface area contributed by atoms with Crippen LogP contribution >= 0.6 is 11.6 Å². The predicted molar refractivity (Wildman–Crippen MR) is 119 cm³/mol. The van der Waals surface area contributed by atoms with E-state index in [4.69, 9.17) is 11.6 Å². The van der Waals surface area contributed by atoms with E-state index < -0.39 is 23.6 Å². The molecule has 0 aliphatic carbocycles. The molecule has 3 aromatic carbocycles. The monoisotopic (exact) mass is 457 g/mol. The van der Waals surface area contributed by atoms with Gasteiger partial charge >= 0.3 is 12.1 Å². The quantitative estimate of drug-likeness (QED) is 0.271. The van der Waals surface area contributed by atoms with Crippen LogP contribution in [0.3, 0.4) is 0 Å². The minimum absolute atomic E-state index is 0.0225. The van der Waals surface area contributed by atoms with E-state index >= 15 is 0 Å². The summed E-state index contributed by atoms with van der Waals surface area (Å²) in [6.07, 6.45) is 0. The summed E-state index contributed by atoms with van der Waals surface area (Å²) in [6.45, 7) is 0.224. The van der Waals surface area contributed by atoms with Crippen LogP contribution < -0.4 is 21.7 Å². The van der Waals surface area contributed by atoms with Crippen molar-refractivity contribution < 1.29 is 19.1 Å². The van der Waals surface area contributed by atoms with E-state index in [2.05, 4.69) is 21.7 Å². The zero-order valence-electron chi connectivity index (χ0n) is 16.8. The van der Waals surface area contributed by atoms with E-state index in [9.17, 15) is 19.1 Å². The van der Waals surface area contributed by atoms with Gasteiger partial charge in [0.05, 0.1) is 12.2 Å². The van der Waals surface area contributed by atoms with Gasteiger partial charge in [0, 0.05) is 17.6 Å². The lowest BCUT2D eigenvalue weighted by molar-refractivity contribution is 0.181. The van der Waals surface area contributed by atoms with Crippen molar-refractivity contribution in [2.75, 3.05) is 5.43 Å². The van der Waals surface area contributed by atoms with E-state index in [1.54, 1.807) is 48.5 Å². The van der Waals surface area contributed by atoms with Crippen LogP contribution in [0, 0.1) is 5.82 Å². The van der Waals surface area contributed by atoms with Gasteiger partial charge in [0.15, 0.2) is 11.6 Å². The Morgan fingerprint density at radius 3 is 2.34 bits per heavy atom. The van der Waals surface area contributed by atoms with Crippen molar-refractivity contribution in [2.45, 2.75) is 13.1 Å². The SMILES string of the molecule is O=C(NCc1ccc(Cl)cc1)N(Cc1ccccc1)C(=O)NNNc1ccc(O)c(F)c1. The lowest BCUT2D eigenvalue weighted by atomic mass is 10.2. The molecule has 0 saturated carbocycles. The lowest BCUT2D eigenvalue weighted by Crippen LogP contribution is -2.52. The highest BCUT2D eigenvalue weighted by Gasteiger charge is 2.21. The van der Waals surface area contributed by atoms with E-state index in [-0.39, 0.29) is 18.8 Å². The van der Waals surface area contributed by atoms with Crippen LogP contribution in [0.25, 0.3) is 0 Å². The minimum Gasteiger partial charge on any atom is -0.505 e. The van der Waals surface area contributed by atoms with Gasteiger partial charge in [0.25, 0.3) is 0 Å². The van der Waals surface area contributed by atoms with Crippen LogP contribution in [0.1, 0.15) is 11.1 Å². The molecule has 3 rings (SSSR count). The molecule has 8 nitrogen and oxygen atoms in total. The molecule has 0 fully saturated rings.